The molecule has 0 unspecified atom stereocenters. The molecule has 0 aliphatic carbocycles. The van der Waals surface area contributed by atoms with Crippen molar-refractivity contribution in [2.45, 2.75) is 25.4 Å². The van der Waals surface area contributed by atoms with Gasteiger partial charge in [0.15, 0.2) is 9.84 Å². The number of hydrogen-bond acceptors (Lipinski definition) is 4. The molecule has 0 bridgehead atoms. The zero-order chi connectivity index (χ0) is 16.5. The summed E-state index contributed by atoms with van der Waals surface area (Å²) in [5.41, 5.74) is 0.527. The fourth-order valence-corrected chi connectivity index (χ4v) is 4.42. The van der Waals surface area contributed by atoms with Crippen molar-refractivity contribution in [2.75, 3.05) is 23.9 Å². The van der Waals surface area contributed by atoms with E-state index in [9.17, 15) is 17.6 Å². The Hall–Kier alpha value is -1.34. The SMILES string of the molecule is C[C@@H](Nc1ccc(F)c(Cl)c1)C(=O)N(C)[C@@H]1CCS(=O)(=O)C1. The summed E-state index contributed by atoms with van der Waals surface area (Å²) in [6, 6.07) is 3.24. The van der Waals surface area contributed by atoms with E-state index in [1.54, 1.807) is 14.0 Å². The molecule has 0 aromatic heterocycles. The number of amides is 1. The molecular weight excluding hydrogens is 331 g/mol. The highest BCUT2D eigenvalue weighted by atomic mass is 35.5. The van der Waals surface area contributed by atoms with E-state index in [-0.39, 0.29) is 28.5 Å². The normalized spacial score (nSPS) is 21.4. The van der Waals surface area contributed by atoms with Gasteiger partial charge in [-0.15, -0.1) is 0 Å². The molecule has 1 aromatic rings. The maximum Gasteiger partial charge on any atom is 0.244 e. The smallest absolute Gasteiger partial charge is 0.244 e. The summed E-state index contributed by atoms with van der Waals surface area (Å²) in [6.45, 7) is 1.67. The third kappa shape index (κ3) is 3.89. The lowest BCUT2D eigenvalue weighted by Gasteiger charge is -2.27. The molecule has 8 heteroatoms. The molecule has 1 aromatic carbocycles. The lowest BCUT2D eigenvalue weighted by molar-refractivity contribution is -0.132. The Kier molecular flexibility index (Phi) is 4.97. The van der Waals surface area contributed by atoms with E-state index in [1.807, 2.05) is 0 Å². The van der Waals surface area contributed by atoms with Gasteiger partial charge in [-0.05, 0) is 31.5 Å². The molecular formula is C14H18ClFN2O3S. The first-order chi connectivity index (χ1) is 10.2. The van der Waals surface area contributed by atoms with Gasteiger partial charge < -0.3 is 10.2 Å². The number of nitrogens with one attached hydrogen (secondary N) is 1. The maximum absolute atomic E-state index is 13.1. The van der Waals surface area contributed by atoms with Crippen LogP contribution in [0.3, 0.4) is 0 Å². The third-order valence-corrected chi connectivity index (χ3v) is 5.82. The standard InChI is InChI=1S/C14H18ClFN2O3S/c1-9(17-10-3-4-13(16)12(15)7-10)14(19)18(2)11-5-6-22(20,21)8-11/h3-4,7,9,11,17H,5-6,8H2,1-2H3/t9-,11-/m1/s1. The summed E-state index contributed by atoms with van der Waals surface area (Å²) < 4.78 is 36.1. The molecule has 1 fully saturated rings. The predicted octanol–water partition coefficient (Wildman–Crippen LogP) is 1.92. The second kappa shape index (κ2) is 6.42. The van der Waals surface area contributed by atoms with E-state index in [4.69, 9.17) is 11.6 Å². The van der Waals surface area contributed by atoms with Crippen molar-refractivity contribution in [3.63, 3.8) is 0 Å². The second-order valence-electron chi connectivity index (χ2n) is 5.50. The molecule has 0 saturated carbocycles. The monoisotopic (exact) mass is 348 g/mol. The Bertz CT molecular complexity index is 681. The molecule has 1 amide bonds. The summed E-state index contributed by atoms with van der Waals surface area (Å²) in [6.07, 6.45) is 0.458. The number of hydrogen-bond donors (Lipinski definition) is 1. The van der Waals surface area contributed by atoms with E-state index in [1.165, 1.54) is 23.1 Å². The molecule has 1 aliphatic heterocycles. The van der Waals surface area contributed by atoms with Crippen LogP contribution in [-0.2, 0) is 14.6 Å². The topological polar surface area (TPSA) is 66.5 Å². The first-order valence-electron chi connectivity index (χ1n) is 6.88. The molecule has 0 spiro atoms. The van der Waals surface area contributed by atoms with Crippen LogP contribution in [0.1, 0.15) is 13.3 Å². The Balaban J connectivity index is 2.01. The van der Waals surface area contributed by atoms with E-state index in [2.05, 4.69) is 5.32 Å². The van der Waals surface area contributed by atoms with Gasteiger partial charge in [-0.1, -0.05) is 11.6 Å². The minimum absolute atomic E-state index is 0.00430. The van der Waals surface area contributed by atoms with Crippen LogP contribution < -0.4 is 5.32 Å². The van der Waals surface area contributed by atoms with Gasteiger partial charge in [0.25, 0.3) is 0 Å². The largest absolute Gasteiger partial charge is 0.374 e. The van der Waals surface area contributed by atoms with Crippen LogP contribution in [0.4, 0.5) is 10.1 Å². The fourth-order valence-electron chi connectivity index (χ4n) is 2.46. The number of rotatable bonds is 4. The van der Waals surface area contributed by atoms with Crippen LogP contribution in [-0.4, -0.2) is 49.9 Å². The molecule has 1 aliphatic rings. The van der Waals surface area contributed by atoms with Crippen LogP contribution in [0, 0.1) is 5.82 Å². The number of carbonyl (C=O) groups excluding carboxylic acids is 1. The Morgan fingerprint density at radius 1 is 1.50 bits per heavy atom. The molecule has 0 radical (unpaired) electrons. The summed E-state index contributed by atoms with van der Waals surface area (Å²) in [4.78, 5) is 13.8. The van der Waals surface area contributed by atoms with Gasteiger partial charge in [0.05, 0.1) is 16.5 Å². The lowest BCUT2D eigenvalue weighted by atomic mass is 10.2. The quantitative estimate of drug-likeness (QED) is 0.902. The van der Waals surface area contributed by atoms with Crippen molar-refractivity contribution in [1.29, 1.82) is 0 Å². The number of anilines is 1. The highest BCUT2D eigenvalue weighted by Gasteiger charge is 2.34. The van der Waals surface area contributed by atoms with Crippen molar-refractivity contribution in [2.24, 2.45) is 0 Å². The van der Waals surface area contributed by atoms with Gasteiger partial charge >= 0.3 is 0 Å². The number of benzene rings is 1. The van der Waals surface area contributed by atoms with Crippen LogP contribution in [0.15, 0.2) is 18.2 Å². The average Bonchev–Trinajstić information content (AvgIpc) is 2.81. The van der Waals surface area contributed by atoms with Crippen molar-refractivity contribution in [1.82, 2.24) is 4.90 Å². The first kappa shape index (κ1) is 17.0. The van der Waals surface area contributed by atoms with Crippen molar-refractivity contribution in [3.8, 4) is 0 Å². The molecule has 22 heavy (non-hydrogen) atoms. The predicted molar refractivity (Wildman–Crippen MR) is 84.3 cm³/mol. The van der Waals surface area contributed by atoms with Gasteiger partial charge in [-0.25, -0.2) is 12.8 Å². The number of carbonyl (C=O) groups is 1. The summed E-state index contributed by atoms with van der Waals surface area (Å²) >= 11 is 5.70. The maximum atomic E-state index is 13.1. The first-order valence-corrected chi connectivity index (χ1v) is 9.08. The molecule has 2 rings (SSSR count). The van der Waals surface area contributed by atoms with Crippen LogP contribution in [0.5, 0.6) is 0 Å². The number of likely N-dealkylation sites (N-methyl/N-ethyl adjacent to an activating group) is 1. The third-order valence-electron chi connectivity index (χ3n) is 3.78. The van der Waals surface area contributed by atoms with E-state index < -0.39 is 21.7 Å². The Morgan fingerprint density at radius 2 is 2.18 bits per heavy atom. The van der Waals surface area contributed by atoms with Crippen LogP contribution in [0.25, 0.3) is 0 Å². The molecule has 1 saturated heterocycles. The molecule has 1 heterocycles. The van der Waals surface area contributed by atoms with Crippen LogP contribution >= 0.6 is 11.6 Å². The number of halogens is 2. The highest BCUT2D eigenvalue weighted by molar-refractivity contribution is 7.91. The summed E-state index contributed by atoms with van der Waals surface area (Å²) in [5, 5.41) is 2.92. The van der Waals surface area contributed by atoms with Gasteiger partial charge in [0, 0.05) is 18.8 Å². The minimum Gasteiger partial charge on any atom is -0.374 e. The van der Waals surface area contributed by atoms with Gasteiger partial charge in [-0.3, -0.25) is 4.79 Å². The fraction of sp³-hybridized carbons (Fsp3) is 0.500. The minimum atomic E-state index is -3.04. The van der Waals surface area contributed by atoms with Gasteiger partial charge in [-0.2, -0.15) is 0 Å². The van der Waals surface area contributed by atoms with Gasteiger partial charge in [0.2, 0.25) is 5.91 Å². The van der Waals surface area contributed by atoms with E-state index in [0.717, 1.165) is 0 Å². The summed E-state index contributed by atoms with van der Waals surface area (Å²) in [7, 11) is -1.44. The van der Waals surface area contributed by atoms with Crippen molar-refractivity contribution in [3.05, 3.63) is 29.0 Å². The van der Waals surface area contributed by atoms with Crippen LogP contribution in [0.2, 0.25) is 5.02 Å². The molecule has 5 nitrogen and oxygen atoms in total. The lowest BCUT2D eigenvalue weighted by Crippen LogP contribution is -2.45. The van der Waals surface area contributed by atoms with Gasteiger partial charge in [0.1, 0.15) is 11.9 Å². The zero-order valence-electron chi connectivity index (χ0n) is 12.3. The van der Waals surface area contributed by atoms with Crippen molar-refractivity contribution < 1.29 is 17.6 Å². The molecule has 1 N–H and O–H groups in total. The zero-order valence-corrected chi connectivity index (χ0v) is 13.9. The van der Waals surface area contributed by atoms with E-state index >= 15 is 0 Å². The number of sulfone groups is 1. The Morgan fingerprint density at radius 3 is 2.73 bits per heavy atom. The molecule has 122 valence electrons. The summed E-state index contributed by atoms with van der Waals surface area (Å²) in [5.74, 6) is -0.628. The average molecular weight is 349 g/mol. The van der Waals surface area contributed by atoms with Crippen molar-refractivity contribution >= 4 is 33.0 Å². The number of nitrogens with zero attached hydrogens (tertiary/aromatic N) is 1. The second-order valence-corrected chi connectivity index (χ2v) is 8.14. The Labute approximate surface area is 134 Å². The molecule has 2 atom stereocenters. The highest BCUT2D eigenvalue weighted by Crippen LogP contribution is 2.21. The van der Waals surface area contributed by atoms with E-state index in [0.29, 0.717) is 12.1 Å².